The molecular formula is C24H17BrClNO. The van der Waals surface area contributed by atoms with Crippen molar-refractivity contribution in [3.8, 4) is 22.6 Å². The van der Waals surface area contributed by atoms with E-state index in [0.717, 1.165) is 32.7 Å². The van der Waals surface area contributed by atoms with E-state index in [1.165, 1.54) is 0 Å². The van der Waals surface area contributed by atoms with E-state index in [0.29, 0.717) is 10.8 Å². The maximum atomic E-state index is 6.42. The van der Waals surface area contributed by atoms with Crippen LogP contribution in [0.5, 0.6) is 11.5 Å². The van der Waals surface area contributed by atoms with Gasteiger partial charge in [0.25, 0.3) is 0 Å². The topological polar surface area (TPSA) is 21.3 Å². The largest absolute Gasteiger partial charge is 0.455 e. The molecule has 4 aromatic carbocycles. The van der Waals surface area contributed by atoms with E-state index < -0.39 is 0 Å². The third-order valence-electron chi connectivity index (χ3n) is 4.28. The molecule has 0 radical (unpaired) electrons. The maximum absolute atomic E-state index is 6.42. The maximum Gasteiger partial charge on any atom is 0.147 e. The minimum atomic E-state index is 0.544. The van der Waals surface area contributed by atoms with Crippen molar-refractivity contribution < 1.29 is 4.74 Å². The van der Waals surface area contributed by atoms with Crippen LogP contribution < -0.4 is 10.1 Å². The normalized spacial score (nSPS) is 10.5. The molecule has 138 valence electrons. The number of hydrogen-bond acceptors (Lipinski definition) is 2. The molecule has 0 saturated heterocycles. The van der Waals surface area contributed by atoms with Gasteiger partial charge in [0.1, 0.15) is 11.5 Å². The molecule has 1 N–H and O–H groups in total. The van der Waals surface area contributed by atoms with Crippen LogP contribution in [0.3, 0.4) is 0 Å². The van der Waals surface area contributed by atoms with Crippen molar-refractivity contribution in [2.24, 2.45) is 0 Å². The molecule has 0 spiro atoms. The first-order valence-corrected chi connectivity index (χ1v) is 10.0. The lowest BCUT2D eigenvalue weighted by Crippen LogP contribution is -1.96. The fourth-order valence-electron chi connectivity index (χ4n) is 2.98. The number of ether oxygens (including phenoxy) is 1. The highest BCUT2D eigenvalue weighted by atomic mass is 79.9. The Morgan fingerprint density at radius 3 is 2.07 bits per heavy atom. The van der Waals surface area contributed by atoms with Crippen LogP contribution in [-0.4, -0.2) is 0 Å². The van der Waals surface area contributed by atoms with Crippen LogP contribution >= 0.6 is 27.5 Å². The summed E-state index contributed by atoms with van der Waals surface area (Å²) >= 11 is 9.88. The number of anilines is 2. The van der Waals surface area contributed by atoms with Crippen molar-refractivity contribution >= 4 is 38.9 Å². The summed E-state index contributed by atoms with van der Waals surface area (Å²) in [5.74, 6) is 1.33. The van der Waals surface area contributed by atoms with Crippen LogP contribution in [0.4, 0.5) is 11.4 Å². The van der Waals surface area contributed by atoms with Gasteiger partial charge in [0.15, 0.2) is 0 Å². The van der Waals surface area contributed by atoms with Gasteiger partial charge in [-0.3, -0.25) is 0 Å². The highest BCUT2D eigenvalue weighted by Crippen LogP contribution is 2.42. The van der Waals surface area contributed by atoms with Crippen molar-refractivity contribution in [1.29, 1.82) is 0 Å². The summed E-state index contributed by atoms with van der Waals surface area (Å²) in [7, 11) is 0. The number of benzene rings is 4. The van der Waals surface area contributed by atoms with Gasteiger partial charge in [0.2, 0.25) is 0 Å². The molecule has 0 bridgehead atoms. The van der Waals surface area contributed by atoms with Gasteiger partial charge in [-0.25, -0.2) is 0 Å². The average Bonchev–Trinajstić information content (AvgIpc) is 2.73. The number of hydrogen-bond donors (Lipinski definition) is 1. The highest BCUT2D eigenvalue weighted by Gasteiger charge is 2.15. The Morgan fingerprint density at radius 2 is 1.32 bits per heavy atom. The minimum Gasteiger partial charge on any atom is -0.455 e. The third-order valence-corrected chi connectivity index (χ3v) is 5.56. The minimum absolute atomic E-state index is 0.544. The second-order valence-corrected chi connectivity index (χ2v) is 7.42. The molecule has 0 aliphatic heterocycles. The molecule has 0 fully saturated rings. The summed E-state index contributed by atoms with van der Waals surface area (Å²) in [6.45, 7) is 0. The Bertz CT molecular complexity index is 1080. The van der Waals surface area contributed by atoms with E-state index >= 15 is 0 Å². The molecule has 28 heavy (non-hydrogen) atoms. The quantitative estimate of drug-likeness (QED) is 0.330. The van der Waals surface area contributed by atoms with Crippen LogP contribution in [0.1, 0.15) is 0 Å². The summed E-state index contributed by atoms with van der Waals surface area (Å²) in [5.41, 5.74) is 4.00. The molecule has 0 aliphatic rings. The Hall–Kier alpha value is -2.75. The molecule has 0 aliphatic carbocycles. The van der Waals surface area contributed by atoms with Crippen LogP contribution in [0, 0.1) is 0 Å². The van der Waals surface area contributed by atoms with Crippen molar-refractivity contribution in [1.82, 2.24) is 0 Å². The van der Waals surface area contributed by atoms with E-state index in [2.05, 4.69) is 33.4 Å². The van der Waals surface area contributed by atoms with Crippen LogP contribution in [0.25, 0.3) is 11.1 Å². The van der Waals surface area contributed by atoms with Crippen LogP contribution in [0.15, 0.2) is 102 Å². The summed E-state index contributed by atoms with van der Waals surface area (Å²) in [4.78, 5) is 0. The van der Waals surface area contributed by atoms with Gasteiger partial charge in [-0.15, -0.1) is 0 Å². The SMILES string of the molecule is Clc1c(Br)cccc1Oc1cccc(Nc2ccccc2)c1-c1ccccc1. The standard InChI is InChI=1S/C24H17BrClNO/c25-19-13-7-16-22(24(19)26)28-21-15-8-14-20(27-18-11-5-2-6-12-18)23(21)17-9-3-1-4-10-17/h1-16,27H. The van der Waals surface area contributed by atoms with E-state index in [-0.39, 0.29) is 0 Å². The van der Waals surface area contributed by atoms with E-state index in [4.69, 9.17) is 16.3 Å². The monoisotopic (exact) mass is 449 g/mol. The Morgan fingerprint density at radius 1 is 0.679 bits per heavy atom. The van der Waals surface area contributed by atoms with Gasteiger partial charge >= 0.3 is 0 Å². The lowest BCUT2D eigenvalue weighted by Gasteiger charge is -2.18. The Balaban J connectivity index is 1.82. The van der Waals surface area contributed by atoms with Crippen molar-refractivity contribution in [2.45, 2.75) is 0 Å². The predicted molar refractivity (Wildman–Crippen MR) is 121 cm³/mol. The van der Waals surface area contributed by atoms with Gasteiger partial charge < -0.3 is 10.1 Å². The number of para-hydroxylation sites is 1. The number of rotatable bonds is 5. The molecule has 4 heteroatoms. The Kier molecular flexibility index (Phi) is 5.65. The molecule has 4 aromatic rings. The molecule has 4 rings (SSSR count). The molecule has 0 heterocycles. The van der Waals surface area contributed by atoms with Gasteiger partial charge in [0, 0.05) is 15.7 Å². The van der Waals surface area contributed by atoms with Crippen LogP contribution in [0.2, 0.25) is 5.02 Å². The van der Waals surface area contributed by atoms with Gasteiger partial charge in [-0.2, -0.15) is 0 Å². The first-order valence-electron chi connectivity index (χ1n) is 8.85. The highest BCUT2D eigenvalue weighted by molar-refractivity contribution is 9.10. The first-order chi connectivity index (χ1) is 13.7. The molecule has 0 atom stereocenters. The van der Waals surface area contributed by atoms with E-state index in [1.807, 2.05) is 84.9 Å². The van der Waals surface area contributed by atoms with Crippen LogP contribution in [-0.2, 0) is 0 Å². The molecule has 0 saturated carbocycles. The number of nitrogens with one attached hydrogen (secondary N) is 1. The fourth-order valence-corrected chi connectivity index (χ4v) is 3.49. The molecule has 0 amide bonds. The zero-order valence-electron chi connectivity index (χ0n) is 14.9. The molecule has 0 aromatic heterocycles. The van der Waals surface area contributed by atoms with Gasteiger partial charge in [0.05, 0.1) is 10.7 Å². The zero-order chi connectivity index (χ0) is 19.3. The lowest BCUT2D eigenvalue weighted by atomic mass is 10.0. The summed E-state index contributed by atoms with van der Waals surface area (Å²) in [6.07, 6.45) is 0. The summed E-state index contributed by atoms with van der Waals surface area (Å²) in [5, 5.41) is 4.05. The number of halogens is 2. The van der Waals surface area contributed by atoms with Crippen molar-refractivity contribution in [3.63, 3.8) is 0 Å². The van der Waals surface area contributed by atoms with Crippen molar-refractivity contribution in [2.75, 3.05) is 5.32 Å². The summed E-state index contributed by atoms with van der Waals surface area (Å²) in [6, 6.07) is 31.9. The van der Waals surface area contributed by atoms with Crippen molar-refractivity contribution in [3.05, 3.63) is 107 Å². The second-order valence-electron chi connectivity index (χ2n) is 6.19. The van der Waals surface area contributed by atoms with Gasteiger partial charge in [-0.1, -0.05) is 72.3 Å². The van der Waals surface area contributed by atoms with Gasteiger partial charge in [-0.05, 0) is 57.9 Å². The summed E-state index contributed by atoms with van der Waals surface area (Å²) < 4.78 is 7.05. The molecular weight excluding hydrogens is 434 g/mol. The predicted octanol–water partition coefficient (Wildman–Crippen LogP) is 8.31. The average molecular weight is 451 g/mol. The Labute approximate surface area is 177 Å². The van der Waals surface area contributed by atoms with E-state index in [1.54, 1.807) is 0 Å². The first kappa shape index (κ1) is 18.6. The lowest BCUT2D eigenvalue weighted by molar-refractivity contribution is 0.484. The van der Waals surface area contributed by atoms with E-state index in [9.17, 15) is 0 Å². The second kappa shape index (κ2) is 8.51. The molecule has 0 unspecified atom stereocenters. The smallest absolute Gasteiger partial charge is 0.147 e. The fraction of sp³-hybridized carbons (Fsp3) is 0. The molecule has 2 nitrogen and oxygen atoms in total. The zero-order valence-corrected chi connectivity index (χ0v) is 17.2. The third kappa shape index (κ3) is 4.06.